The molecule has 0 bridgehead atoms. The van der Waals surface area contributed by atoms with Crippen molar-refractivity contribution < 1.29 is 19.4 Å². The van der Waals surface area contributed by atoms with Gasteiger partial charge in [-0.1, -0.05) is 112 Å². The lowest BCUT2D eigenvalue weighted by Gasteiger charge is -2.27. The highest BCUT2D eigenvalue weighted by Crippen LogP contribution is 2.34. The number of fused-ring (bicyclic) bond motifs is 3. The van der Waals surface area contributed by atoms with Crippen molar-refractivity contribution in [3.8, 4) is 0 Å². The zero-order chi connectivity index (χ0) is 61.5. The lowest BCUT2D eigenvalue weighted by atomic mass is 10.0. The van der Waals surface area contributed by atoms with E-state index in [0.29, 0.717) is 57.6 Å². The number of hydrogen-bond acceptors (Lipinski definition) is 11. The molecule has 3 aromatic carbocycles. The topological polar surface area (TPSA) is 204 Å². The highest BCUT2D eigenvalue weighted by atomic mass is 35.5. The number of aryl methyl sites for hydroxylation is 2. The summed E-state index contributed by atoms with van der Waals surface area (Å²) in [6.07, 6.45) is 12.2. The fraction of sp³-hybridized carbons (Fsp3) is 0.152. The summed E-state index contributed by atoms with van der Waals surface area (Å²) in [4.78, 5) is 60.0. The standard InChI is InChI=1S/C25H24Cl2N4O3.C20H16Cl2N4.C14H11Cl2NO.C7H6N2/c1-25(2,3)34-24(33)31(14-15-6-8-16(26)9-7-15)20-11-10-18(22(27)30-20)21(32)19-13-29-23-17(19)5-4-12-28-23;21-16-6-3-13(4-7-16)11-24-18-8-5-14(19(22)26-18)10-15-12-25-20-17(15)2-1-9-23-20;15-12-5-1-10(2-6-12)3-7-13-8-4-11(9-18)14(16)17-13;1-2-6-3-5-9-7(6)8-4-1/h4-13,21,32H,14H2,1-3H3,(H,28,29);1-9,12H,10-11H2,(H,23,25)(H,24,26);1-2,4-6,8-9H,3,7H2;1-5H,(H,8,9). The number of amides is 1. The Kier molecular flexibility index (Phi) is 21.6. The number of aromatic nitrogens is 9. The van der Waals surface area contributed by atoms with E-state index in [1.807, 2.05) is 122 Å². The first kappa shape index (κ1) is 63.1. The number of aliphatic hydroxyl groups excluding tert-OH is 1. The Hall–Kier alpha value is -8.38. The predicted octanol–water partition coefficient (Wildman–Crippen LogP) is 17.3. The number of ether oxygens (including phenoxy) is 1. The Balaban J connectivity index is 0.000000150. The number of H-pyrrole nitrogens is 3. The van der Waals surface area contributed by atoms with E-state index in [2.05, 4.69) is 56.2 Å². The maximum Gasteiger partial charge on any atom is 0.416 e. The van der Waals surface area contributed by atoms with Crippen LogP contribution >= 0.6 is 69.6 Å². The van der Waals surface area contributed by atoms with Gasteiger partial charge in [0, 0.05) is 98.2 Å². The Bertz CT molecular complexity index is 4220. The number of hydrogen-bond donors (Lipinski definition) is 5. The molecule has 1 amide bonds. The number of nitrogens with zero attached hydrogens (tertiary/aromatic N) is 7. The number of aromatic amines is 3. The third-order valence-corrected chi connectivity index (χ3v) is 15.0. The Labute approximate surface area is 532 Å². The predicted molar refractivity (Wildman–Crippen MR) is 350 cm³/mol. The molecular weight excluding hydrogens is 1220 g/mol. The third kappa shape index (κ3) is 17.6. The molecule has 0 fully saturated rings. The first-order valence-electron chi connectivity index (χ1n) is 27.3. The number of halogens is 6. The summed E-state index contributed by atoms with van der Waals surface area (Å²) in [5.41, 5.74) is 9.43. The molecule has 0 radical (unpaired) electrons. The number of benzene rings is 3. The van der Waals surface area contributed by atoms with Crippen LogP contribution in [0.5, 0.6) is 0 Å². The second kappa shape index (κ2) is 29.8. The molecule has 0 aliphatic carbocycles. The molecule has 21 heteroatoms. The van der Waals surface area contributed by atoms with Crippen molar-refractivity contribution in [2.75, 3.05) is 10.2 Å². The maximum atomic E-state index is 13.0. The molecule has 1 atom stereocenters. The molecule has 0 spiro atoms. The van der Waals surface area contributed by atoms with Crippen molar-refractivity contribution in [3.05, 3.63) is 270 Å². The molecule has 12 rings (SSSR count). The van der Waals surface area contributed by atoms with Gasteiger partial charge in [0.1, 0.15) is 55.7 Å². The van der Waals surface area contributed by atoms with Crippen LogP contribution in [0.4, 0.5) is 16.4 Å². The van der Waals surface area contributed by atoms with Crippen LogP contribution < -0.4 is 10.2 Å². The highest BCUT2D eigenvalue weighted by molar-refractivity contribution is 6.32. The normalized spacial score (nSPS) is 11.4. The first-order valence-corrected chi connectivity index (χ1v) is 29.5. The Morgan fingerprint density at radius 2 is 1.22 bits per heavy atom. The molecule has 0 saturated heterocycles. The molecule has 1 unspecified atom stereocenters. The van der Waals surface area contributed by atoms with Crippen molar-refractivity contribution in [2.45, 2.75) is 64.8 Å². The number of aliphatic hydroxyl groups is 1. The van der Waals surface area contributed by atoms with Crippen molar-refractivity contribution in [3.63, 3.8) is 0 Å². The van der Waals surface area contributed by atoms with Gasteiger partial charge < -0.3 is 30.1 Å². The van der Waals surface area contributed by atoms with Crippen LogP contribution in [-0.2, 0) is 37.1 Å². The monoisotopic (exact) mass is 1280 g/mol. The van der Waals surface area contributed by atoms with Crippen LogP contribution in [0.25, 0.3) is 33.1 Å². The molecule has 87 heavy (non-hydrogen) atoms. The fourth-order valence-corrected chi connectivity index (χ4v) is 9.93. The van der Waals surface area contributed by atoms with E-state index < -0.39 is 17.8 Å². The summed E-state index contributed by atoms with van der Waals surface area (Å²) < 4.78 is 5.59. The summed E-state index contributed by atoms with van der Waals surface area (Å²) in [5.74, 6) is 1.04. The quantitative estimate of drug-likeness (QED) is 0.0512. The fourth-order valence-electron chi connectivity index (χ4n) is 8.86. The summed E-state index contributed by atoms with van der Waals surface area (Å²) >= 11 is 36.5. The van der Waals surface area contributed by atoms with E-state index in [9.17, 15) is 14.7 Å². The van der Waals surface area contributed by atoms with E-state index >= 15 is 0 Å². The number of carbonyl (C=O) groups is 2. The van der Waals surface area contributed by atoms with E-state index in [1.54, 1.807) is 82.0 Å². The van der Waals surface area contributed by atoms with E-state index in [4.69, 9.17) is 74.3 Å². The van der Waals surface area contributed by atoms with Crippen molar-refractivity contribution in [1.29, 1.82) is 0 Å². The molecular formula is C66H57Cl6N11O4. The molecule has 15 nitrogen and oxygen atoms in total. The number of aldehydes is 1. The van der Waals surface area contributed by atoms with Gasteiger partial charge in [-0.3, -0.25) is 9.69 Å². The first-order chi connectivity index (χ1) is 42.0. The van der Waals surface area contributed by atoms with Gasteiger partial charge in [-0.2, -0.15) is 0 Å². The van der Waals surface area contributed by atoms with Crippen molar-refractivity contribution in [2.24, 2.45) is 0 Å². The largest absolute Gasteiger partial charge is 0.443 e. The van der Waals surface area contributed by atoms with Gasteiger partial charge in [-0.15, -0.1) is 0 Å². The molecule has 0 aliphatic heterocycles. The van der Waals surface area contributed by atoms with E-state index in [-0.39, 0.29) is 16.9 Å². The average Bonchev–Trinajstić information content (AvgIpc) is 2.98. The van der Waals surface area contributed by atoms with Gasteiger partial charge in [-0.25, -0.2) is 34.7 Å². The number of pyridine rings is 6. The van der Waals surface area contributed by atoms with Crippen LogP contribution in [-0.4, -0.2) is 67.9 Å². The second-order valence-corrected chi connectivity index (χ2v) is 23.0. The molecule has 9 aromatic heterocycles. The van der Waals surface area contributed by atoms with Gasteiger partial charge in [0.2, 0.25) is 0 Å². The number of carbonyl (C=O) groups excluding carboxylic acids is 2. The van der Waals surface area contributed by atoms with Crippen molar-refractivity contribution in [1.82, 2.24) is 44.9 Å². The van der Waals surface area contributed by atoms with Gasteiger partial charge in [-0.05, 0) is 171 Å². The zero-order valence-corrected chi connectivity index (χ0v) is 51.7. The van der Waals surface area contributed by atoms with E-state index in [1.165, 1.54) is 10.5 Å². The Morgan fingerprint density at radius 3 is 1.85 bits per heavy atom. The lowest BCUT2D eigenvalue weighted by Crippen LogP contribution is -2.37. The van der Waals surface area contributed by atoms with Gasteiger partial charge in [0.25, 0.3) is 0 Å². The summed E-state index contributed by atoms with van der Waals surface area (Å²) in [6.45, 7) is 6.24. The van der Waals surface area contributed by atoms with Crippen LogP contribution in [0.15, 0.2) is 189 Å². The molecule has 12 aromatic rings. The minimum absolute atomic E-state index is 0.0768. The SMILES string of the molecule is CC(C)(C)OC(=O)N(Cc1ccc(Cl)cc1)c1ccc(C(O)c2c[nH]c3ncccc23)c(Cl)n1.Clc1ccc(CNc2ccc(Cc3c[nH]c4ncccc34)c(Cl)n2)cc1.O=Cc1ccc(CCc2ccc(Cl)cc2)nc1Cl.c1cnc2[nH]ccc2c1. The smallest absolute Gasteiger partial charge is 0.416 e. The zero-order valence-electron chi connectivity index (χ0n) is 47.2. The second-order valence-electron chi connectivity index (χ2n) is 20.7. The minimum Gasteiger partial charge on any atom is -0.443 e. The van der Waals surface area contributed by atoms with E-state index in [0.717, 1.165) is 84.1 Å². The van der Waals surface area contributed by atoms with Gasteiger partial charge in [0.15, 0.2) is 6.29 Å². The number of anilines is 2. The number of rotatable bonds is 14. The summed E-state index contributed by atoms with van der Waals surface area (Å²) in [5, 5.41) is 20.3. The third-order valence-electron chi connectivity index (χ3n) is 13.3. The molecule has 0 aliphatic rings. The number of nitrogens with one attached hydrogen (secondary N) is 4. The van der Waals surface area contributed by atoms with Gasteiger partial charge in [0.05, 0.1) is 12.1 Å². The highest BCUT2D eigenvalue weighted by Gasteiger charge is 2.27. The molecule has 5 N–H and O–H groups in total. The average molecular weight is 1280 g/mol. The molecule has 442 valence electrons. The summed E-state index contributed by atoms with van der Waals surface area (Å²) in [7, 11) is 0. The lowest BCUT2D eigenvalue weighted by molar-refractivity contribution is 0.0576. The molecule has 9 heterocycles. The van der Waals surface area contributed by atoms with Gasteiger partial charge >= 0.3 is 6.09 Å². The van der Waals surface area contributed by atoms with Crippen LogP contribution in [0.3, 0.4) is 0 Å². The van der Waals surface area contributed by atoms with Crippen LogP contribution in [0.2, 0.25) is 30.5 Å². The maximum absolute atomic E-state index is 13.0. The minimum atomic E-state index is -1.03. The van der Waals surface area contributed by atoms with Crippen LogP contribution in [0, 0.1) is 0 Å². The van der Waals surface area contributed by atoms with Crippen LogP contribution in [0.1, 0.15) is 81.9 Å². The Morgan fingerprint density at radius 1 is 0.598 bits per heavy atom. The van der Waals surface area contributed by atoms with Crippen molar-refractivity contribution >= 4 is 127 Å². The molecule has 0 saturated carbocycles. The summed E-state index contributed by atoms with van der Waals surface area (Å²) in [6, 6.07) is 46.9.